The van der Waals surface area contributed by atoms with Crippen LogP contribution in [0.25, 0.3) is 34.2 Å². The molecule has 1 heterocycles. The maximum absolute atomic E-state index is 11.1. The molecule has 1 aromatic heterocycles. The van der Waals surface area contributed by atoms with Crippen molar-refractivity contribution in [1.82, 2.24) is 15.0 Å². The van der Waals surface area contributed by atoms with Crippen LogP contribution in [0.4, 0.5) is 0 Å². The minimum absolute atomic E-state index is 0.0277. The summed E-state index contributed by atoms with van der Waals surface area (Å²) >= 11 is 0. The Bertz CT molecular complexity index is 1470. The Labute approximate surface area is 286 Å². The highest BCUT2D eigenvalue weighted by molar-refractivity contribution is 5.74. The number of hydrogen-bond acceptors (Lipinski definition) is 9. The van der Waals surface area contributed by atoms with Gasteiger partial charge in [0.15, 0.2) is 17.5 Å². The van der Waals surface area contributed by atoms with Gasteiger partial charge in [-0.1, -0.05) is 67.2 Å². The van der Waals surface area contributed by atoms with Crippen molar-refractivity contribution in [2.24, 2.45) is 0 Å². The summed E-state index contributed by atoms with van der Waals surface area (Å²) in [5.74, 6) is 3.16. The Kier molecular flexibility index (Phi) is 16.3. The fourth-order valence-electron chi connectivity index (χ4n) is 4.54. The van der Waals surface area contributed by atoms with E-state index in [0.717, 1.165) is 51.4 Å². The lowest BCUT2D eigenvalue weighted by Crippen LogP contribution is -2.04. The fraction of sp³-hybridized carbons (Fsp3) is 0.462. The van der Waals surface area contributed by atoms with E-state index in [-0.39, 0.29) is 23.1 Å². The van der Waals surface area contributed by atoms with Crippen LogP contribution in [0.15, 0.2) is 54.6 Å². The third-order valence-electron chi connectivity index (χ3n) is 7.30. The molecule has 0 unspecified atom stereocenters. The lowest BCUT2D eigenvalue weighted by atomic mass is 10.1. The van der Waals surface area contributed by atoms with E-state index in [0.29, 0.717) is 71.9 Å². The fourth-order valence-corrected chi connectivity index (χ4v) is 4.54. The van der Waals surface area contributed by atoms with Gasteiger partial charge in [0, 0.05) is 18.2 Å². The standard InChI is InChI=1S/C37H47N3O6.C2H6/c1-5-9-19-43-26-13-16-29(32(41)23-26)35-38-36(30-17-14-27(24-33(30)42)44-20-10-6-2)40-37(39-35)31-18-15-28(45-21-11-7-3)25-34(31)46-22-12-8-4;1-2/h13-18,23-25,41-42H,5-12,19-22H2,1-4H3;1-2H3. The molecule has 9 heteroatoms. The number of ether oxygens (including phenoxy) is 4. The smallest absolute Gasteiger partial charge is 0.167 e. The van der Waals surface area contributed by atoms with Crippen molar-refractivity contribution in [3.63, 3.8) is 0 Å². The van der Waals surface area contributed by atoms with E-state index < -0.39 is 0 Å². The molecule has 0 radical (unpaired) electrons. The number of phenolic OH excluding ortho intramolecular Hbond substituents is 2. The molecule has 260 valence electrons. The number of unbranched alkanes of at least 4 members (excludes halogenated alkanes) is 4. The van der Waals surface area contributed by atoms with E-state index in [1.165, 1.54) is 0 Å². The Hall–Kier alpha value is -4.53. The first-order valence-electron chi connectivity index (χ1n) is 17.6. The Morgan fingerprint density at radius 2 is 0.792 bits per heavy atom. The maximum atomic E-state index is 11.1. The van der Waals surface area contributed by atoms with Gasteiger partial charge < -0.3 is 29.2 Å². The molecule has 0 spiro atoms. The molecule has 0 saturated heterocycles. The van der Waals surface area contributed by atoms with Crippen molar-refractivity contribution < 1.29 is 29.2 Å². The van der Waals surface area contributed by atoms with Gasteiger partial charge in [0.25, 0.3) is 0 Å². The summed E-state index contributed by atoms with van der Waals surface area (Å²) in [5, 5.41) is 22.1. The lowest BCUT2D eigenvalue weighted by molar-refractivity contribution is 0.295. The summed E-state index contributed by atoms with van der Waals surface area (Å²) < 4.78 is 23.8. The maximum Gasteiger partial charge on any atom is 0.167 e. The normalized spacial score (nSPS) is 10.6. The molecular formula is C39H53N3O6. The first-order chi connectivity index (χ1) is 23.5. The molecule has 2 N–H and O–H groups in total. The predicted molar refractivity (Wildman–Crippen MR) is 192 cm³/mol. The molecule has 4 aromatic rings. The zero-order valence-electron chi connectivity index (χ0n) is 29.6. The van der Waals surface area contributed by atoms with Crippen molar-refractivity contribution in [1.29, 1.82) is 0 Å². The van der Waals surface area contributed by atoms with Gasteiger partial charge in [-0.15, -0.1) is 0 Å². The van der Waals surface area contributed by atoms with Crippen LogP contribution in [0.2, 0.25) is 0 Å². The van der Waals surface area contributed by atoms with Crippen LogP contribution in [0.3, 0.4) is 0 Å². The van der Waals surface area contributed by atoms with Gasteiger partial charge in [-0.05, 0) is 62.1 Å². The molecule has 48 heavy (non-hydrogen) atoms. The number of aromatic nitrogens is 3. The van der Waals surface area contributed by atoms with Crippen LogP contribution in [0.5, 0.6) is 34.5 Å². The Balaban J connectivity index is 0.00000307. The molecule has 9 nitrogen and oxygen atoms in total. The molecule has 0 aliphatic heterocycles. The van der Waals surface area contributed by atoms with Gasteiger partial charge in [-0.2, -0.15) is 0 Å². The first kappa shape index (κ1) is 37.9. The number of aromatic hydroxyl groups is 2. The average molecular weight is 660 g/mol. The number of nitrogens with zero attached hydrogens (tertiary/aromatic N) is 3. The Morgan fingerprint density at radius 3 is 1.17 bits per heavy atom. The second kappa shape index (κ2) is 20.7. The van der Waals surface area contributed by atoms with Crippen molar-refractivity contribution in [2.45, 2.75) is 92.9 Å². The third-order valence-corrected chi connectivity index (χ3v) is 7.30. The highest BCUT2D eigenvalue weighted by Crippen LogP contribution is 2.38. The summed E-state index contributed by atoms with van der Waals surface area (Å²) in [6.45, 7) is 14.7. The van der Waals surface area contributed by atoms with Gasteiger partial charge in [0.1, 0.15) is 34.5 Å². The molecular weight excluding hydrogens is 606 g/mol. The van der Waals surface area contributed by atoms with Crippen LogP contribution in [-0.2, 0) is 0 Å². The molecule has 4 rings (SSSR count). The van der Waals surface area contributed by atoms with Gasteiger partial charge in [0.2, 0.25) is 0 Å². The molecule has 0 fully saturated rings. The molecule has 0 aliphatic carbocycles. The summed E-state index contributed by atoms with van der Waals surface area (Å²) in [5.41, 5.74) is 1.45. The van der Waals surface area contributed by atoms with Crippen LogP contribution >= 0.6 is 0 Å². The predicted octanol–water partition coefficient (Wildman–Crippen LogP) is 10.0. The highest BCUT2D eigenvalue weighted by Gasteiger charge is 2.20. The van der Waals surface area contributed by atoms with Gasteiger partial charge in [-0.25, -0.2) is 15.0 Å². The zero-order valence-corrected chi connectivity index (χ0v) is 29.6. The van der Waals surface area contributed by atoms with E-state index in [4.69, 9.17) is 33.9 Å². The average Bonchev–Trinajstić information content (AvgIpc) is 3.10. The van der Waals surface area contributed by atoms with E-state index in [1.807, 2.05) is 32.0 Å². The number of hydrogen-bond donors (Lipinski definition) is 2. The summed E-state index contributed by atoms with van der Waals surface area (Å²) in [7, 11) is 0. The number of phenols is 2. The van der Waals surface area contributed by atoms with Crippen LogP contribution in [0.1, 0.15) is 92.9 Å². The monoisotopic (exact) mass is 659 g/mol. The minimum atomic E-state index is -0.0277. The van der Waals surface area contributed by atoms with Gasteiger partial charge in [-0.3, -0.25) is 0 Å². The zero-order chi connectivity index (χ0) is 34.7. The van der Waals surface area contributed by atoms with Gasteiger partial charge >= 0.3 is 0 Å². The second-order valence-corrected chi connectivity index (χ2v) is 11.1. The number of rotatable bonds is 19. The van der Waals surface area contributed by atoms with E-state index >= 15 is 0 Å². The quantitative estimate of drug-likeness (QED) is 0.0949. The van der Waals surface area contributed by atoms with Crippen LogP contribution in [0, 0.1) is 0 Å². The molecule has 3 aromatic carbocycles. The Morgan fingerprint density at radius 1 is 0.458 bits per heavy atom. The van der Waals surface area contributed by atoms with Gasteiger partial charge in [0.05, 0.1) is 43.1 Å². The van der Waals surface area contributed by atoms with Crippen molar-refractivity contribution in [2.75, 3.05) is 26.4 Å². The van der Waals surface area contributed by atoms with Crippen LogP contribution < -0.4 is 18.9 Å². The second-order valence-electron chi connectivity index (χ2n) is 11.1. The molecule has 0 amide bonds. The molecule has 0 atom stereocenters. The largest absolute Gasteiger partial charge is 0.507 e. The summed E-state index contributed by atoms with van der Waals surface area (Å²) in [4.78, 5) is 14.3. The lowest BCUT2D eigenvalue weighted by Gasteiger charge is -2.15. The topological polar surface area (TPSA) is 116 Å². The summed E-state index contributed by atoms with van der Waals surface area (Å²) in [6.07, 6.45) is 7.70. The first-order valence-corrected chi connectivity index (χ1v) is 17.6. The third kappa shape index (κ3) is 11.0. The van der Waals surface area contributed by atoms with E-state index in [2.05, 4.69) is 27.7 Å². The van der Waals surface area contributed by atoms with Crippen LogP contribution in [-0.4, -0.2) is 51.6 Å². The summed E-state index contributed by atoms with van der Waals surface area (Å²) in [6, 6.07) is 15.8. The van der Waals surface area contributed by atoms with E-state index in [1.54, 1.807) is 36.4 Å². The molecule has 0 saturated carbocycles. The van der Waals surface area contributed by atoms with Crippen molar-refractivity contribution >= 4 is 0 Å². The minimum Gasteiger partial charge on any atom is -0.507 e. The SMILES string of the molecule is CC.CCCCOc1ccc(-c2nc(-c3ccc(OCCCC)cc3O)nc(-c3ccc(OCCCC)cc3OCCCC)n2)c(O)c1. The molecule has 0 aliphatic rings. The highest BCUT2D eigenvalue weighted by atomic mass is 16.5. The van der Waals surface area contributed by atoms with Crippen molar-refractivity contribution in [3.05, 3.63) is 54.6 Å². The van der Waals surface area contributed by atoms with Crippen molar-refractivity contribution in [3.8, 4) is 68.7 Å². The molecule has 0 bridgehead atoms. The number of benzene rings is 3. The van der Waals surface area contributed by atoms with E-state index in [9.17, 15) is 10.2 Å².